The van der Waals surface area contributed by atoms with Crippen LogP contribution in [-0.4, -0.2) is 18.0 Å². The van der Waals surface area contributed by atoms with Crippen molar-refractivity contribution < 1.29 is 0 Å². The molecular weight excluding hydrogens is 274 g/mol. The molecule has 0 saturated heterocycles. The molecule has 0 spiro atoms. The number of nitrogens with zero attached hydrogens (tertiary/aromatic N) is 1. The van der Waals surface area contributed by atoms with Gasteiger partial charge in [0.25, 0.3) is 0 Å². The molecule has 0 aromatic heterocycles. The summed E-state index contributed by atoms with van der Waals surface area (Å²) in [6, 6.07) is 8.52. The molecule has 0 radical (unpaired) electrons. The summed E-state index contributed by atoms with van der Waals surface area (Å²) in [6.07, 6.45) is 2.56. The molecule has 2 heteroatoms. The largest absolute Gasteiger partial charge is 0.299 e. The predicted octanol–water partition coefficient (Wildman–Crippen LogP) is 4.71. The minimum Gasteiger partial charge on any atom is -0.299 e. The van der Waals surface area contributed by atoms with Crippen LogP contribution in [0.2, 0.25) is 0 Å². The third kappa shape index (κ3) is 4.81. The molecule has 17 heavy (non-hydrogen) atoms. The Hall–Kier alpha value is -0.340. The first-order valence-corrected chi connectivity index (χ1v) is 7.46. The Bertz CT molecular complexity index is 320. The zero-order chi connectivity index (χ0) is 12.7. The van der Waals surface area contributed by atoms with E-state index < -0.39 is 0 Å². The molecule has 1 aromatic carbocycles. The van der Waals surface area contributed by atoms with Crippen molar-refractivity contribution in [1.82, 2.24) is 4.90 Å². The van der Waals surface area contributed by atoms with Gasteiger partial charge >= 0.3 is 0 Å². The average molecular weight is 298 g/mol. The lowest BCUT2D eigenvalue weighted by Crippen LogP contribution is -2.28. The van der Waals surface area contributed by atoms with Crippen LogP contribution in [-0.2, 0) is 6.54 Å². The van der Waals surface area contributed by atoms with E-state index in [0.717, 1.165) is 19.0 Å². The summed E-state index contributed by atoms with van der Waals surface area (Å²) in [5, 5.41) is 0. The summed E-state index contributed by atoms with van der Waals surface area (Å²) < 4.78 is 1.22. The molecule has 0 aliphatic heterocycles. The van der Waals surface area contributed by atoms with E-state index in [9.17, 15) is 0 Å². The average Bonchev–Trinajstić information content (AvgIpc) is 2.36. The number of benzene rings is 1. The van der Waals surface area contributed by atoms with Crippen molar-refractivity contribution in [2.75, 3.05) is 13.1 Å². The van der Waals surface area contributed by atoms with Gasteiger partial charge in [0.15, 0.2) is 0 Å². The minimum atomic E-state index is 0.831. The van der Waals surface area contributed by atoms with E-state index in [1.54, 1.807) is 0 Å². The van der Waals surface area contributed by atoms with Gasteiger partial charge in [0.1, 0.15) is 0 Å². The fourth-order valence-corrected chi connectivity index (χ4v) is 2.50. The van der Waals surface area contributed by atoms with E-state index in [0.29, 0.717) is 0 Å². The van der Waals surface area contributed by atoms with E-state index in [2.05, 4.69) is 65.9 Å². The molecule has 0 amide bonds. The number of halogens is 1. The Balaban J connectivity index is 2.61. The smallest absolute Gasteiger partial charge is 0.0244 e. The van der Waals surface area contributed by atoms with Crippen molar-refractivity contribution in [3.63, 3.8) is 0 Å². The zero-order valence-electron chi connectivity index (χ0n) is 11.2. The second-order valence-electron chi connectivity index (χ2n) is 4.60. The van der Waals surface area contributed by atoms with Gasteiger partial charge in [-0.15, -0.1) is 0 Å². The second kappa shape index (κ2) is 7.88. The van der Waals surface area contributed by atoms with Crippen LogP contribution >= 0.6 is 15.9 Å². The molecule has 96 valence electrons. The van der Waals surface area contributed by atoms with Gasteiger partial charge in [0.05, 0.1) is 0 Å². The molecule has 0 atom stereocenters. The van der Waals surface area contributed by atoms with Gasteiger partial charge in [-0.1, -0.05) is 67.7 Å². The van der Waals surface area contributed by atoms with Crippen molar-refractivity contribution in [1.29, 1.82) is 0 Å². The van der Waals surface area contributed by atoms with Gasteiger partial charge in [0.2, 0.25) is 0 Å². The van der Waals surface area contributed by atoms with E-state index in [1.807, 2.05) is 0 Å². The molecule has 0 aliphatic rings. The van der Waals surface area contributed by atoms with Crippen LogP contribution < -0.4 is 0 Å². The van der Waals surface area contributed by atoms with Crippen LogP contribution in [0.5, 0.6) is 0 Å². The summed E-state index contributed by atoms with van der Waals surface area (Å²) >= 11 is 3.63. The molecule has 0 bridgehead atoms. The topological polar surface area (TPSA) is 3.24 Å². The lowest BCUT2D eigenvalue weighted by molar-refractivity contribution is 0.226. The second-order valence-corrected chi connectivity index (χ2v) is 5.46. The summed E-state index contributed by atoms with van der Waals surface area (Å²) in [5.74, 6) is 0.831. The standard InChI is InChI=1S/C15H24BrN/c1-4-13(5-2)11-17(6-3)12-14-9-7-8-10-15(14)16/h7-10,13H,4-6,11-12H2,1-3H3. The van der Waals surface area contributed by atoms with Crippen molar-refractivity contribution in [3.05, 3.63) is 34.3 Å². The first kappa shape index (κ1) is 14.7. The van der Waals surface area contributed by atoms with Crippen LogP contribution in [0.25, 0.3) is 0 Å². The van der Waals surface area contributed by atoms with E-state index in [4.69, 9.17) is 0 Å². The first-order valence-electron chi connectivity index (χ1n) is 6.66. The normalized spacial score (nSPS) is 11.4. The summed E-state index contributed by atoms with van der Waals surface area (Å²) in [6.45, 7) is 10.2. The van der Waals surface area contributed by atoms with Crippen LogP contribution in [0.1, 0.15) is 39.2 Å². The van der Waals surface area contributed by atoms with Gasteiger partial charge in [-0.2, -0.15) is 0 Å². The molecule has 0 saturated carbocycles. The number of rotatable bonds is 7. The van der Waals surface area contributed by atoms with Crippen molar-refractivity contribution in [2.45, 2.75) is 40.2 Å². The molecule has 0 N–H and O–H groups in total. The van der Waals surface area contributed by atoms with Crippen LogP contribution in [0.15, 0.2) is 28.7 Å². The minimum absolute atomic E-state index is 0.831. The Morgan fingerprint density at radius 3 is 2.29 bits per heavy atom. The van der Waals surface area contributed by atoms with Gasteiger partial charge < -0.3 is 0 Å². The molecular formula is C15H24BrN. The first-order chi connectivity index (χ1) is 8.21. The molecule has 1 nitrogen and oxygen atoms in total. The molecule has 0 aliphatic carbocycles. The van der Waals surface area contributed by atoms with Gasteiger partial charge in [-0.3, -0.25) is 4.90 Å². The lowest BCUT2D eigenvalue weighted by Gasteiger charge is -2.25. The van der Waals surface area contributed by atoms with Crippen LogP contribution in [0, 0.1) is 5.92 Å². The zero-order valence-corrected chi connectivity index (χ0v) is 12.8. The van der Waals surface area contributed by atoms with E-state index in [1.165, 1.54) is 29.4 Å². The Morgan fingerprint density at radius 1 is 1.12 bits per heavy atom. The molecule has 0 fully saturated rings. The maximum absolute atomic E-state index is 3.63. The Labute approximate surface area is 114 Å². The maximum Gasteiger partial charge on any atom is 0.0244 e. The highest BCUT2D eigenvalue weighted by Crippen LogP contribution is 2.19. The van der Waals surface area contributed by atoms with Gasteiger partial charge in [-0.05, 0) is 24.1 Å². The number of hydrogen-bond donors (Lipinski definition) is 0. The summed E-state index contributed by atoms with van der Waals surface area (Å²) in [5.41, 5.74) is 1.39. The van der Waals surface area contributed by atoms with E-state index in [-0.39, 0.29) is 0 Å². The third-order valence-electron chi connectivity index (χ3n) is 3.47. The van der Waals surface area contributed by atoms with Crippen molar-refractivity contribution in [2.24, 2.45) is 5.92 Å². The van der Waals surface area contributed by atoms with E-state index >= 15 is 0 Å². The fraction of sp³-hybridized carbons (Fsp3) is 0.600. The van der Waals surface area contributed by atoms with Gasteiger partial charge in [-0.25, -0.2) is 0 Å². The Kier molecular flexibility index (Phi) is 6.83. The van der Waals surface area contributed by atoms with Gasteiger partial charge in [0, 0.05) is 17.6 Å². The SMILES string of the molecule is CCC(CC)CN(CC)Cc1ccccc1Br. The van der Waals surface area contributed by atoms with Crippen LogP contribution in [0.4, 0.5) is 0 Å². The van der Waals surface area contributed by atoms with Crippen LogP contribution in [0.3, 0.4) is 0 Å². The predicted molar refractivity (Wildman–Crippen MR) is 79.2 cm³/mol. The summed E-state index contributed by atoms with van der Waals surface area (Å²) in [7, 11) is 0. The highest BCUT2D eigenvalue weighted by molar-refractivity contribution is 9.10. The van der Waals surface area contributed by atoms with Crippen molar-refractivity contribution >= 4 is 15.9 Å². The summed E-state index contributed by atoms with van der Waals surface area (Å²) in [4.78, 5) is 2.54. The maximum atomic E-state index is 3.63. The highest BCUT2D eigenvalue weighted by Gasteiger charge is 2.11. The third-order valence-corrected chi connectivity index (χ3v) is 4.24. The molecule has 0 unspecified atom stereocenters. The highest BCUT2D eigenvalue weighted by atomic mass is 79.9. The Morgan fingerprint density at radius 2 is 1.76 bits per heavy atom. The fourth-order valence-electron chi connectivity index (χ4n) is 2.09. The molecule has 1 rings (SSSR count). The molecule has 0 heterocycles. The molecule has 1 aromatic rings. The monoisotopic (exact) mass is 297 g/mol. The quantitative estimate of drug-likeness (QED) is 0.705. The number of hydrogen-bond acceptors (Lipinski definition) is 1. The van der Waals surface area contributed by atoms with Crippen molar-refractivity contribution in [3.8, 4) is 0 Å². The lowest BCUT2D eigenvalue weighted by atomic mass is 10.0.